The predicted octanol–water partition coefficient (Wildman–Crippen LogP) is 2.70. The normalized spacial score (nSPS) is 10.3. The maximum absolute atomic E-state index is 12.0. The summed E-state index contributed by atoms with van der Waals surface area (Å²) in [5.74, 6) is -0.288. The highest BCUT2D eigenvalue weighted by molar-refractivity contribution is 6.34. The Kier molecular flexibility index (Phi) is 3.66. The maximum atomic E-state index is 12.0. The molecule has 0 aliphatic carbocycles. The van der Waals surface area contributed by atoms with Crippen molar-refractivity contribution in [3.05, 3.63) is 46.2 Å². The average Bonchev–Trinajstić information content (AvgIpc) is 2.30. The van der Waals surface area contributed by atoms with Crippen LogP contribution in [-0.2, 0) is 0 Å². The summed E-state index contributed by atoms with van der Waals surface area (Å²) in [6, 6.07) is 5.96. The van der Waals surface area contributed by atoms with Gasteiger partial charge in [0.2, 0.25) is 5.95 Å². The lowest BCUT2D eigenvalue weighted by molar-refractivity contribution is 0.102. The molecular weight excluding hydrogens is 266 g/mol. The smallest absolute Gasteiger partial charge is 0.259 e. The van der Waals surface area contributed by atoms with Crippen LogP contribution in [0.3, 0.4) is 0 Å². The van der Waals surface area contributed by atoms with E-state index in [9.17, 15) is 9.90 Å². The molecule has 2 rings (SSSR count). The van der Waals surface area contributed by atoms with Crippen molar-refractivity contribution in [3.8, 4) is 5.75 Å². The van der Waals surface area contributed by atoms with Crippen molar-refractivity contribution in [1.82, 2.24) is 9.97 Å². The minimum absolute atomic E-state index is 0.0316. The van der Waals surface area contributed by atoms with E-state index in [0.717, 1.165) is 11.4 Å². The summed E-state index contributed by atoms with van der Waals surface area (Å²) in [5.41, 5.74) is 1.68. The van der Waals surface area contributed by atoms with Gasteiger partial charge in [0.05, 0.1) is 10.6 Å². The molecule has 0 radical (unpaired) electrons. The number of benzene rings is 1. The molecule has 1 aromatic heterocycles. The molecule has 0 aliphatic heterocycles. The minimum Gasteiger partial charge on any atom is -0.508 e. The number of anilines is 1. The molecule has 0 bridgehead atoms. The number of hydrogen-bond donors (Lipinski definition) is 2. The number of rotatable bonds is 2. The third-order valence-electron chi connectivity index (χ3n) is 2.40. The quantitative estimate of drug-likeness (QED) is 0.885. The topological polar surface area (TPSA) is 75.1 Å². The third-order valence-corrected chi connectivity index (χ3v) is 2.73. The molecule has 0 saturated carbocycles. The first-order chi connectivity index (χ1) is 8.95. The van der Waals surface area contributed by atoms with Gasteiger partial charge in [0.1, 0.15) is 5.75 Å². The van der Waals surface area contributed by atoms with Crippen molar-refractivity contribution in [2.75, 3.05) is 5.32 Å². The molecular formula is C13H12ClN3O2. The van der Waals surface area contributed by atoms with Gasteiger partial charge in [0.25, 0.3) is 5.91 Å². The van der Waals surface area contributed by atoms with Gasteiger partial charge in [-0.2, -0.15) is 0 Å². The van der Waals surface area contributed by atoms with Crippen LogP contribution in [0.2, 0.25) is 5.02 Å². The van der Waals surface area contributed by atoms with E-state index in [1.807, 2.05) is 13.8 Å². The number of halogens is 1. The molecule has 2 N–H and O–H groups in total. The lowest BCUT2D eigenvalue weighted by Gasteiger charge is -2.07. The first kappa shape index (κ1) is 13.3. The number of carbonyl (C=O) groups is 1. The van der Waals surface area contributed by atoms with Crippen molar-refractivity contribution < 1.29 is 9.90 Å². The van der Waals surface area contributed by atoms with Crippen LogP contribution in [0.25, 0.3) is 0 Å². The molecule has 0 saturated heterocycles. The summed E-state index contributed by atoms with van der Waals surface area (Å²) in [6.07, 6.45) is 0. The molecule has 0 atom stereocenters. The number of phenolic OH excluding ortho intramolecular Hbond substituents is 1. The molecule has 0 spiro atoms. The summed E-state index contributed by atoms with van der Waals surface area (Å²) in [7, 11) is 0. The van der Waals surface area contributed by atoms with Crippen LogP contribution in [0.15, 0.2) is 24.3 Å². The van der Waals surface area contributed by atoms with Gasteiger partial charge >= 0.3 is 0 Å². The fourth-order valence-electron chi connectivity index (χ4n) is 1.64. The molecule has 0 fully saturated rings. The molecule has 2 aromatic rings. The maximum Gasteiger partial charge on any atom is 0.259 e. The Morgan fingerprint density at radius 2 is 1.84 bits per heavy atom. The summed E-state index contributed by atoms with van der Waals surface area (Å²) in [6.45, 7) is 3.62. The van der Waals surface area contributed by atoms with Crippen molar-refractivity contribution >= 4 is 23.5 Å². The molecule has 1 amide bonds. The van der Waals surface area contributed by atoms with Crippen molar-refractivity contribution in [3.63, 3.8) is 0 Å². The van der Waals surface area contributed by atoms with Crippen LogP contribution in [0.1, 0.15) is 21.7 Å². The summed E-state index contributed by atoms with van der Waals surface area (Å²) >= 11 is 5.91. The van der Waals surface area contributed by atoms with Crippen LogP contribution < -0.4 is 5.32 Å². The molecule has 0 aliphatic rings. The Morgan fingerprint density at radius 3 is 2.47 bits per heavy atom. The Hall–Kier alpha value is -2.14. The second-order valence-electron chi connectivity index (χ2n) is 4.09. The number of carbonyl (C=O) groups excluding carboxylic acids is 1. The Labute approximate surface area is 115 Å². The lowest BCUT2D eigenvalue weighted by Crippen LogP contribution is -2.15. The SMILES string of the molecule is Cc1cc(C)nc(NC(=O)c2cc(O)ccc2Cl)n1. The highest BCUT2D eigenvalue weighted by Crippen LogP contribution is 2.21. The van der Waals surface area contributed by atoms with E-state index >= 15 is 0 Å². The summed E-state index contributed by atoms with van der Waals surface area (Å²) < 4.78 is 0. The first-order valence-electron chi connectivity index (χ1n) is 5.58. The Balaban J connectivity index is 2.28. The molecule has 1 heterocycles. The molecule has 1 aromatic carbocycles. The van der Waals surface area contributed by atoms with Crippen LogP contribution >= 0.6 is 11.6 Å². The number of amides is 1. The number of hydrogen-bond acceptors (Lipinski definition) is 4. The highest BCUT2D eigenvalue weighted by Gasteiger charge is 2.13. The summed E-state index contributed by atoms with van der Waals surface area (Å²) in [5, 5.41) is 12.2. The van der Waals surface area contributed by atoms with Gasteiger partial charge in [-0.1, -0.05) is 11.6 Å². The monoisotopic (exact) mass is 277 g/mol. The first-order valence-corrected chi connectivity index (χ1v) is 5.95. The van der Waals surface area contributed by atoms with Gasteiger partial charge < -0.3 is 5.11 Å². The number of phenols is 1. The van der Waals surface area contributed by atoms with Crippen molar-refractivity contribution in [1.29, 1.82) is 0 Å². The molecule has 5 nitrogen and oxygen atoms in total. The predicted molar refractivity (Wildman–Crippen MR) is 72.6 cm³/mol. The molecule has 19 heavy (non-hydrogen) atoms. The van der Waals surface area contributed by atoms with Crippen molar-refractivity contribution in [2.24, 2.45) is 0 Å². The largest absolute Gasteiger partial charge is 0.508 e. The number of nitrogens with one attached hydrogen (secondary N) is 1. The van der Waals surface area contributed by atoms with E-state index in [-0.39, 0.29) is 22.3 Å². The van der Waals surface area contributed by atoms with Gasteiger partial charge in [-0.3, -0.25) is 10.1 Å². The Bertz CT molecular complexity index is 624. The van der Waals surface area contributed by atoms with Gasteiger partial charge in [-0.15, -0.1) is 0 Å². The zero-order valence-electron chi connectivity index (χ0n) is 10.4. The van der Waals surface area contributed by atoms with Crippen molar-refractivity contribution in [2.45, 2.75) is 13.8 Å². The van der Waals surface area contributed by atoms with Gasteiger partial charge in [-0.05, 0) is 38.1 Å². The standard InChI is InChI=1S/C13H12ClN3O2/c1-7-5-8(2)16-13(15-7)17-12(19)10-6-9(18)3-4-11(10)14/h3-6,18H,1-2H3,(H,15,16,17,19). The number of nitrogens with zero attached hydrogens (tertiary/aromatic N) is 2. The van der Waals surface area contributed by atoms with E-state index in [2.05, 4.69) is 15.3 Å². The fraction of sp³-hybridized carbons (Fsp3) is 0.154. The average molecular weight is 278 g/mol. The van der Waals surface area contributed by atoms with Crippen LogP contribution in [0.5, 0.6) is 5.75 Å². The fourth-order valence-corrected chi connectivity index (χ4v) is 1.84. The second-order valence-corrected chi connectivity index (χ2v) is 4.50. The highest BCUT2D eigenvalue weighted by atomic mass is 35.5. The number of aromatic nitrogens is 2. The number of aromatic hydroxyl groups is 1. The van der Waals surface area contributed by atoms with Crippen LogP contribution in [-0.4, -0.2) is 21.0 Å². The van der Waals surface area contributed by atoms with Crippen LogP contribution in [0, 0.1) is 13.8 Å². The molecule has 0 unspecified atom stereocenters. The third kappa shape index (κ3) is 3.20. The Morgan fingerprint density at radius 1 is 1.21 bits per heavy atom. The second kappa shape index (κ2) is 5.24. The van der Waals surface area contributed by atoms with E-state index < -0.39 is 5.91 Å². The van der Waals surface area contributed by atoms with E-state index in [1.54, 1.807) is 6.07 Å². The molecule has 6 heteroatoms. The minimum atomic E-state index is -0.467. The van der Waals surface area contributed by atoms with Gasteiger partial charge in [0, 0.05) is 11.4 Å². The zero-order chi connectivity index (χ0) is 14.0. The number of aryl methyl sites for hydroxylation is 2. The van der Waals surface area contributed by atoms with Crippen LogP contribution in [0.4, 0.5) is 5.95 Å². The van der Waals surface area contributed by atoms with E-state index in [0.29, 0.717) is 0 Å². The zero-order valence-corrected chi connectivity index (χ0v) is 11.2. The van der Waals surface area contributed by atoms with Gasteiger partial charge in [0.15, 0.2) is 0 Å². The van der Waals surface area contributed by atoms with Gasteiger partial charge in [-0.25, -0.2) is 9.97 Å². The van der Waals surface area contributed by atoms with E-state index in [4.69, 9.17) is 11.6 Å². The van der Waals surface area contributed by atoms with E-state index in [1.165, 1.54) is 18.2 Å². The summed E-state index contributed by atoms with van der Waals surface area (Å²) in [4.78, 5) is 20.2. The lowest BCUT2D eigenvalue weighted by atomic mass is 10.2. The molecule has 98 valence electrons.